The highest BCUT2D eigenvalue weighted by Gasteiger charge is 2.34. The first kappa shape index (κ1) is 26.8. The summed E-state index contributed by atoms with van der Waals surface area (Å²) >= 11 is 0. The molecule has 4 aromatic rings. The zero-order valence-electron chi connectivity index (χ0n) is 22.0. The molecule has 2 unspecified atom stereocenters. The van der Waals surface area contributed by atoms with Crippen molar-refractivity contribution in [3.63, 3.8) is 0 Å². The summed E-state index contributed by atoms with van der Waals surface area (Å²) < 4.78 is 21.7. The monoisotopic (exact) mass is 528 g/mol. The number of carbonyl (C=O) groups is 1. The second-order valence-electron chi connectivity index (χ2n) is 10.2. The number of hydrogen-bond donors (Lipinski definition) is 3. The molecule has 39 heavy (non-hydrogen) atoms. The van der Waals surface area contributed by atoms with Crippen LogP contribution >= 0.6 is 0 Å². The van der Waals surface area contributed by atoms with E-state index in [1.165, 1.54) is 12.1 Å². The van der Waals surface area contributed by atoms with E-state index in [4.69, 9.17) is 4.74 Å². The fourth-order valence-corrected chi connectivity index (χ4v) is 5.40. The maximum Gasteiger partial charge on any atom is 0.258 e. The highest BCUT2D eigenvalue weighted by molar-refractivity contribution is 6.12. The molecule has 0 radical (unpaired) electrons. The molecule has 1 amide bonds. The summed E-state index contributed by atoms with van der Waals surface area (Å²) in [6.07, 6.45) is -1.61. The number of anilines is 1. The Kier molecular flexibility index (Phi) is 7.93. The Morgan fingerprint density at radius 2 is 1.62 bits per heavy atom. The molecule has 1 fully saturated rings. The van der Waals surface area contributed by atoms with E-state index < -0.39 is 12.4 Å². The van der Waals surface area contributed by atoms with Crippen molar-refractivity contribution >= 4 is 11.6 Å². The number of nitrogens with zero attached hydrogens (tertiary/aromatic N) is 1. The molecule has 0 spiro atoms. The lowest BCUT2D eigenvalue weighted by Crippen LogP contribution is -2.19. The maximum atomic E-state index is 14.1. The Bertz CT molecular complexity index is 1410. The summed E-state index contributed by atoms with van der Waals surface area (Å²) in [5.74, 6) is -0.598. The second kappa shape index (κ2) is 11.5. The second-order valence-corrected chi connectivity index (χ2v) is 10.2. The first-order valence-corrected chi connectivity index (χ1v) is 13.3. The van der Waals surface area contributed by atoms with Gasteiger partial charge in [0.25, 0.3) is 5.91 Å². The molecule has 2 heterocycles. The first-order chi connectivity index (χ1) is 18.8. The molecule has 3 atom stereocenters. The van der Waals surface area contributed by atoms with E-state index in [2.05, 4.69) is 9.88 Å². The van der Waals surface area contributed by atoms with Crippen molar-refractivity contribution in [3.8, 4) is 22.4 Å². The van der Waals surface area contributed by atoms with Gasteiger partial charge >= 0.3 is 0 Å². The fourth-order valence-electron chi connectivity index (χ4n) is 5.40. The van der Waals surface area contributed by atoms with Gasteiger partial charge in [0, 0.05) is 29.9 Å². The van der Waals surface area contributed by atoms with Crippen molar-refractivity contribution in [2.45, 2.75) is 57.6 Å². The zero-order valence-corrected chi connectivity index (χ0v) is 22.0. The standard InChI is InChI=1S/C32H33FN2O4/c1-20(2)29-28(31(37)34-24-11-7-4-8-12-24)27(21-9-5-3-6-10-21)30(22-13-15-23(33)16-14-22)35(29)18-17-25-19-26(36)32(38)39-25/h3-16,20,25-26,32,36,38H,17-19H2,1-2H3,(H,34,37)/t25?,26-,32?/m1/s1. The molecule has 0 aliphatic carbocycles. The minimum atomic E-state index is -1.20. The molecule has 3 N–H and O–H groups in total. The Morgan fingerprint density at radius 3 is 2.21 bits per heavy atom. The van der Waals surface area contributed by atoms with Crippen LogP contribution in [0.4, 0.5) is 10.1 Å². The number of aliphatic hydroxyl groups is 2. The maximum absolute atomic E-state index is 14.1. The smallest absolute Gasteiger partial charge is 0.258 e. The third kappa shape index (κ3) is 5.66. The summed E-state index contributed by atoms with van der Waals surface area (Å²) in [6.45, 7) is 4.57. The van der Waals surface area contributed by atoms with Crippen LogP contribution in [0.15, 0.2) is 84.9 Å². The summed E-state index contributed by atoms with van der Waals surface area (Å²) in [5.41, 5.74) is 5.33. The lowest BCUT2D eigenvalue weighted by molar-refractivity contribution is -0.128. The number of para-hydroxylation sites is 1. The van der Waals surface area contributed by atoms with Gasteiger partial charge in [0.05, 0.1) is 17.4 Å². The Balaban J connectivity index is 1.71. The van der Waals surface area contributed by atoms with Crippen LogP contribution in [-0.4, -0.2) is 39.2 Å². The number of halogens is 1. The quantitative estimate of drug-likeness (QED) is 0.254. The molecule has 1 aromatic heterocycles. The van der Waals surface area contributed by atoms with E-state index in [1.54, 1.807) is 12.1 Å². The average Bonchev–Trinajstić information content (AvgIpc) is 3.45. The van der Waals surface area contributed by atoms with Crippen LogP contribution in [-0.2, 0) is 11.3 Å². The Labute approximate surface area is 227 Å². The fraction of sp³-hybridized carbons (Fsp3) is 0.281. The topological polar surface area (TPSA) is 83.7 Å². The molecule has 5 rings (SSSR count). The summed E-state index contributed by atoms with van der Waals surface area (Å²) in [4.78, 5) is 14.1. The third-order valence-electron chi connectivity index (χ3n) is 7.13. The van der Waals surface area contributed by atoms with E-state index in [0.29, 0.717) is 30.6 Å². The van der Waals surface area contributed by atoms with E-state index in [-0.39, 0.29) is 23.7 Å². The molecule has 1 saturated heterocycles. The molecular formula is C32H33FN2O4. The number of carbonyl (C=O) groups excluding carboxylic acids is 1. The van der Waals surface area contributed by atoms with Gasteiger partial charge < -0.3 is 24.8 Å². The van der Waals surface area contributed by atoms with Crippen molar-refractivity contribution in [1.29, 1.82) is 0 Å². The highest BCUT2D eigenvalue weighted by Crippen LogP contribution is 2.43. The number of hydrogen-bond acceptors (Lipinski definition) is 4. The summed E-state index contributed by atoms with van der Waals surface area (Å²) in [6, 6.07) is 25.4. The normalized spacial score (nSPS) is 19.0. The molecule has 0 saturated carbocycles. The average molecular weight is 529 g/mol. The van der Waals surface area contributed by atoms with Crippen molar-refractivity contribution in [2.24, 2.45) is 0 Å². The molecular weight excluding hydrogens is 495 g/mol. The van der Waals surface area contributed by atoms with Gasteiger partial charge in [-0.1, -0.05) is 62.4 Å². The van der Waals surface area contributed by atoms with Gasteiger partial charge in [0.2, 0.25) is 0 Å². The first-order valence-electron chi connectivity index (χ1n) is 13.3. The zero-order chi connectivity index (χ0) is 27.5. The number of nitrogens with one attached hydrogen (secondary N) is 1. The number of aromatic nitrogens is 1. The van der Waals surface area contributed by atoms with Gasteiger partial charge in [-0.25, -0.2) is 4.39 Å². The van der Waals surface area contributed by atoms with Crippen LogP contribution < -0.4 is 5.32 Å². The van der Waals surface area contributed by atoms with Gasteiger partial charge in [0.1, 0.15) is 11.9 Å². The van der Waals surface area contributed by atoms with Crippen molar-refractivity contribution in [1.82, 2.24) is 4.57 Å². The number of amides is 1. The molecule has 3 aromatic carbocycles. The lowest BCUT2D eigenvalue weighted by Gasteiger charge is -2.19. The highest BCUT2D eigenvalue weighted by atomic mass is 19.1. The number of aliphatic hydroxyl groups excluding tert-OH is 2. The molecule has 0 bridgehead atoms. The lowest BCUT2D eigenvalue weighted by atomic mass is 9.94. The number of benzene rings is 3. The molecule has 1 aliphatic rings. The largest absolute Gasteiger partial charge is 0.388 e. The van der Waals surface area contributed by atoms with E-state index >= 15 is 0 Å². The third-order valence-corrected chi connectivity index (χ3v) is 7.13. The molecule has 7 heteroatoms. The predicted molar refractivity (Wildman–Crippen MR) is 150 cm³/mol. The van der Waals surface area contributed by atoms with Crippen molar-refractivity contribution in [2.75, 3.05) is 5.32 Å². The van der Waals surface area contributed by atoms with E-state index in [9.17, 15) is 19.4 Å². The molecule has 6 nitrogen and oxygen atoms in total. The van der Waals surface area contributed by atoms with Crippen LogP contribution in [0, 0.1) is 5.82 Å². The van der Waals surface area contributed by atoms with Gasteiger partial charge in [-0.2, -0.15) is 0 Å². The summed E-state index contributed by atoms with van der Waals surface area (Å²) in [5, 5.41) is 23.0. The van der Waals surface area contributed by atoms with Gasteiger partial charge in [0.15, 0.2) is 6.29 Å². The van der Waals surface area contributed by atoms with Crippen LogP contribution in [0.1, 0.15) is 48.7 Å². The molecule has 1 aliphatic heterocycles. The van der Waals surface area contributed by atoms with Crippen LogP contribution in [0.25, 0.3) is 22.4 Å². The van der Waals surface area contributed by atoms with Gasteiger partial charge in [-0.15, -0.1) is 0 Å². The van der Waals surface area contributed by atoms with Crippen LogP contribution in [0.3, 0.4) is 0 Å². The predicted octanol–water partition coefficient (Wildman–Crippen LogP) is 6.20. The number of ether oxygens (including phenoxy) is 1. The van der Waals surface area contributed by atoms with Crippen molar-refractivity contribution in [3.05, 3.63) is 102 Å². The minimum absolute atomic E-state index is 0.0288. The van der Waals surface area contributed by atoms with Gasteiger partial charge in [-0.05, 0) is 59.9 Å². The van der Waals surface area contributed by atoms with Gasteiger partial charge in [-0.3, -0.25) is 4.79 Å². The van der Waals surface area contributed by atoms with Crippen LogP contribution in [0.2, 0.25) is 0 Å². The van der Waals surface area contributed by atoms with Crippen molar-refractivity contribution < 1.29 is 24.1 Å². The Hall–Kier alpha value is -3.78. The van der Waals surface area contributed by atoms with E-state index in [0.717, 1.165) is 28.1 Å². The van der Waals surface area contributed by atoms with Crippen LogP contribution in [0.5, 0.6) is 0 Å². The summed E-state index contributed by atoms with van der Waals surface area (Å²) in [7, 11) is 0. The molecule has 202 valence electrons. The minimum Gasteiger partial charge on any atom is -0.388 e. The van der Waals surface area contributed by atoms with E-state index in [1.807, 2.05) is 74.5 Å². The SMILES string of the molecule is CC(C)c1c(C(=O)Nc2ccccc2)c(-c2ccccc2)c(-c2ccc(F)cc2)n1CCC1C[C@@H](O)C(O)O1. The Morgan fingerprint density at radius 1 is 0.974 bits per heavy atom. The number of rotatable bonds is 8.